The Hall–Kier alpha value is -4.19. The number of anilines is 3. The van der Waals surface area contributed by atoms with E-state index in [1.807, 2.05) is 58.0 Å². The molecule has 0 radical (unpaired) electrons. The normalized spacial score (nSPS) is 12.9. The molecular formula is C26H32N6O5S. The highest BCUT2D eigenvalue weighted by Crippen LogP contribution is 2.27. The van der Waals surface area contributed by atoms with E-state index in [1.165, 1.54) is 24.4 Å². The molecule has 0 aliphatic rings. The predicted octanol–water partition coefficient (Wildman–Crippen LogP) is 3.60. The number of hydrogen-bond acceptors (Lipinski definition) is 9. The Balaban J connectivity index is 1.93. The van der Waals surface area contributed by atoms with Crippen LogP contribution in [-0.4, -0.2) is 42.5 Å². The van der Waals surface area contributed by atoms with Gasteiger partial charge >= 0.3 is 10.1 Å². The Morgan fingerprint density at radius 3 is 2.29 bits per heavy atom. The van der Waals surface area contributed by atoms with Gasteiger partial charge in [0.1, 0.15) is 5.82 Å². The lowest BCUT2D eigenvalue weighted by atomic mass is 10.1. The molecule has 0 unspecified atom stereocenters. The molecule has 1 aromatic heterocycles. The predicted molar refractivity (Wildman–Crippen MR) is 146 cm³/mol. The van der Waals surface area contributed by atoms with E-state index >= 15 is 0 Å². The van der Waals surface area contributed by atoms with Crippen LogP contribution < -0.4 is 25.9 Å². The van der Waals surface area contributed by atoms with Crippen LogP contribution in [0.15, 0.2) is 54.7 Å². The number of nitrogens with two attached hydrogens (primary N) is 1. The van der Waals surface area contributed by atoms with Crippen molar-refractivity contribution < 1.29 is 22.2 Å². The zero-order chi connectivity index (χ0) is 28.0. The van der Waals surface area contributed by atoms with Crippen molar-refractivity contribution in [1.29, 1.82) is 0 Å². The molecule has 0 bridgehead atoms. The van der Waals surface area contributed by atoms with E-state index in [2.05, 4.69) is 25.9 Å². The first-order valence-electron chi connectivity index (χ1n) is 11.9. The van der Waals surface area contributed by atoms with E-state index in [0.717, 1.165) is 11.8 Å². The van der Waals surface area contributed by atoms with Gasteiger partial charge in [-0.3, -0.25) is 9.59 Å². The molecule has 202 valence electrons. The van der Waals surface area contributed by atoms with Crippen molar-refractivity contribution in [3.05, 3.63) is 71.4 Å². The van der Waals surface area contributed by atoms with Crippen molar-refractivity contribution in [2.45, 2.75) is 39.8 Å². The number of carbonyl (C=O) groups excluding carboxylic acids is 2. The maximum Gasteiger partial charge on any atom is 0.306 e. The zero-order valence-electron chi connectivity index (χ0n) is 21.8. The fourth-order valence-electron chi connectivity index (χ4n) is 3.36. The third kappa shape index (κ3) is 7.65. The average Bonchev–Trinajstić information content (AvgIpc) is 2.84. The number of nitrogens with one attached hydrogen (secondary N) is 3. The smallest absolute Gasteiger partial charge is 0.306 e. The van der Waals surface area contributed by atoms with Crippen LogP contribution in [0.5, 0.6) is 5.75 Å². The van der Waals surface area contributed by atoms with E-state index in [4.69, 9.17) is 9.92 Å². The van der Waals surface area contributed by atoms with Gasteiger partial charge in [-0.1, -0.05) is 44.2 Å². The van der Waals surface area contributed by atoms with Crippen LogP contribution in [0, 0.1) is 5.92 Å². The minimum atomic E-state index is -3.90. The van der Waals surface area contributed by atoms with Crippen LogP contribution in [0.2, 0.25) is 0 Å². The molecule has 11 nitrogen and oxygen atoms in total. The molecule has 5 N–H and O–H groups in total. The van der Waals surface area contributed by atoms with Crippen LogP contribution in [-0.2, 0) is 10.1 Å². The van der Waals surface area contributed by atoms with Gasteiger partial charge < -0.3 is 25.9 Å². The lowest BCUT2D eigenvalue weighted by Crippen LogP contribution is -2.27. The van der Waals surface area contributed by atoms with Gasteiger partial charge in [0.15, 0.2) is 5.75 Å². The third-order valence-electron chi connectivity index (χ3n) is 5.79. The van der Waals surface area contributed by atoms with Gasteiger partial charge in [0.25, 0.3) is 11.8 Å². The number of aromatic nitrogens is 2. The minimum absolute atomic E-state index is 0.00909. The number of nitrogens with zero attached hydrogens (tertiary/aromatic N) is 2. The second-order valence-electron chi connectivity index (χ2n) is 9.23. The van der Waals surface area contributed by atoms with Crippen molar-refractivity contribution in [2.24, 2.45) is 11.7 Å². The van der Waals surface area contributed by atoms with Crippen LogP contribution in [0.1, 0.15) is 60.0 Å². The van der Waals surface area contributed by atoms with Gasteiger partial charge in [-0.25, -0.2) is 4.98 Å². The summed E-state index contributed by atoms with van der Waals surface area (Å²) in [5.74, 6) is -0.694. The topological polar surface area (TPSA) is 165 Å². The number of carbonyl (C=O) groups is 2. The van der Waals surface area contributed by atoms with E-state index in [9.17, 15) is 18.0 Å². The number of rotatable bonds is 11. The Labute approximate surface area is 222 Å². The number of benzene rings is 2. The maximum atomic E-state index is 13.2. The average molecular weight is 541 g/mol. The summed E-state index contributed by atoms with van der Waals surface area (Å²) < 4.78 is 28.7. The summed E-state index contributed by atoms with van der Waals surface area (Å²) in [6, 6.07) is 13.3. The number of amides is 2. The maximum absolute atomic E-state index is 13.2. The van der Waals surface area contributed by atoms with E-state index < -0.39 is 21.9 Å². The molecule has 0 saturated carbocycles. The van der Waals surface area contributed by atoms with Gasteiger partial charge in [-0.05, 0) is 43.5 Å². The van der Waals surface area contributed by atoms with Crippen LogP contribution in [0.4, 0.5) is 17.5 Å². The Bertz CT molecular complexity index is 1410. The second-order valence-corrected chi connectivity index (χ2v) is 10.8. The highest BCUT2D eigenvalue weighted by molar-refractivity contribution is 7.86. The van der Waals surface area contributed by atoms with E-state index in [0.29, 0.717) is 5.69 Å². The molecule has 2 atom stereocenters. The molecule has 0 aliphatic heterocycles. The first-order chi connectivity index (χ1) is 17.8. The van der Waals surface area contributed by atoms with E-state index in [1.54, 1.807) is 0 Å². The number of primary amides is 1. The van der Waals surface area contributed by atoms with Crippen LogP contribution in [0.3, 0.4) is 0 Å². The molecule has 38 heavy (non-hydrogen) atoms. The standard InChI is InChI=1S/C26H32N6O5S/c1-15(2)16(3)29-24-21(23(27)33)14-28-26(32-24)31-19-11-12-22(37-38(5,35)36)20(13-19)25(34)30-17(4)18-9-7-6-8-10-18/h6-17H,1-5H3,(H2,27,33)(H,30,34)(H2,28,29,31,32)/t16-,17+/m1/s1. The lowest BCUT2D eigenvalue weighted by molar-refractivity contribution is 0.0937. The van der Waals surface area contributed by atoms with Gasteiger partial charge in [-0.2, -0.15) is 13.4 Å². The Morgan fingerprint density at radius 1 is 1.00 bits per heavy atom. The highest BCUT2D eigenvalue weighted by Gasteiger charge is 2.20. The molecule has 12 heteroatoms. The van der Waals surface area contributed by atoms with Crippen molar-refractivity contribution in [3.8, 4) is 5.75 Å². The largest absolute Gasteiger partial charge is 0.382 e. The fraction of sp³-hybridized carbons (Fsp3) is 0.308. The summed E-state index contributed by atoms with van der Waals surface area (Å²) in [5, 5.41) is 9.02. The van der Waals surface area contributed by atoms with Crippen molar-refractivity contribution >= 4 is 39.4 Å². The SMILES string of the molecule is CC(C)[C@@H](C)Nc1nc(Nc2ccc(OS(C)(=O)=O)c(C(=O)N[C@@H](C)c3ccccc3)c2)ncc1C(N)=O. The van der Waals surface area contributed by atoms with Crippen molar-refractivity contribution in [3.63, 3.8) is 0 Å². The fourth-order valence-corrected chi connectivity index (χ4v) is 3.84. The summed E-state index contributed by atoms with van der Waals surface area (Å²) in [5.41, 5.74) is 6.87. The Morgan fingerprint density at radius 2 is 1.68 bits per heavy atom. The van der Waals surface area contributed by atoms with E-state index in [-0.39, 0.29) is 46.6 Å². The highest BCUT2D eigenvalue weighted by atomic mass is 32.2. The first kappa shape index (κ1) is 28.4. The van der Waals surface area contributed by atoms with Crippen molar-refractivity contribution in [1.82, 2.24) is 15.3 Å². The minimum Gasteiger partial charge on any atom is -0.382 e. The molecule has 3 rings (SSSR count). The molecule has 2 aromatic carbocycles. The molecule has 2 amide bonds. The summed E-state index contributed by atoms with van der Waals surface area (Å²) in [7, 11) is -3.90. The monoisotopic (exact) mass is 540 g/mol. The Kier molecular flexibility index (Phi) is 8.89. The van der Waals surface area contributed by atoms with Crippen LogP contribution >= 0.6 is 0 Å². The van der Waals surface area contributed by atoms with Gasteiger partial charge in [0.2, 0.25) is 5.95 Å². The lowest BCUT2D eigenvalue weighted by Gasteiger charge is -2.20. The van der Waals surface area contributed by atoms with Gasteiger partial charge in [-0.15, -0.1) is 0 Å². The quantitative estimate of drug-likeness (QED) is 0.266. The first-order valence-corrected chi connectivity index (χ1v) is 13.8. The molecule has 1 heterocycles. The zero-order valence-corrected chi connectivity index (χ0v) is 22.7. The van der Waals surface area contributed by atoms with Crippen LogP contribution in [0.25, 0.3) is 0 Å². The number of hydrogen-bond donors (Lipinski definition) is 4. The van der Waals surface area contributed by atoms with Gasteiger partial charge in [0, 0.05) is 17.9 Å². The molecule has 3 aromatic rings. The van der Waals surface area contributed by atoms with Gasteiger partial charge in [0.05, 0.1) is 23.4 Å². The summed E-state index contributed by atoms with van der Waals surface area (Å²) in [6.07, 6.45) is 2.21. The summed E-state index contributed by atoms with van der Waals surface area (Å²) >= 11 is 0. The molecular weight excluding hydrogens is 508 g/mol. The molecule has 0 saturated heterocycles. The third-order valence-corrected chi connectivity index (χ3v) is 6.27. The van der Waals surface area contributed by atoms with Crippen molar-refractivity contribution in [2.75, 3.05) is 16.9 Å². The molecule has 0 aliphatic carbocycles. The molecule has 0 spiro atoms. The second kappa shape index (κ2) is 11.9. The molecule has 0 fully saturated rings. The summed E-state index contributed by atoms with van der Waals surface area (Å²) in [6.45, 7) is 7.81. The summed E-state index contributed by atoms with van der Waals surface area (Å²) in [4.78, 5) is 33.6.